The van der Waals surface area contributed by atoms with Crippen LogP contribution in [0.15, 0.2) is 65.2 Å². The van der Waals surface area contributed by atoms with E-state index < -0.39 is 11.9 Å². The van der Waals surface area contributed by atoms with Gasteiger partial charge in [-0.25, -0.2) is 14.6 Å². The number of carbonyl (C=O) groups is 2. The summed E-state index contributed by atoms with van der Waals surface area (Å²) >= 11 is 0. The van der Waals surface area contributed by atoms with Crippen LogP contribution in [0.5, 0.6) is 0 Å². The van der Waals surface area contributed by atoms with Gasteiger partial charge in [0.15, 0.2) is 0 Å². The first-order valence-corrected chi connectivity index (χ1v) is 9.78. The summed E-state index contributed by atoms with van der Waals surface area (Å²) in [6.07, 6.45) is 4.54. The molecule has 0 atom stereocenters. The fraction of sp³-hybridized carbons (Fsp3) is 0.208. The van der Waals surface area contributed by atoms with Crippen LogP contribution in [0.2, 0.25) is 0 Å². The molecular weight excluding hydrogens is 380 g/mol. The van der Waals surface area contributed by atoms with Crippen molar-refractivity contribution >= 4 is 28.9 Å². The summed E-state index contributed by atoms with van der Waals surface area (Å²) in [6.45, 7) is 1.84. The summed E-state index contributed by atoms with van der Waals surface area (Å²) in [4.78, 5) is 29.9. The molecule has 0 aromatic heterocycles. The third-order valence-electron chi connectivity index (χ3n) is 5.42. The lowest BCUT2D eigenvalue weighted by molar-refractivity contribution is -0.133. The van der Waals surface area contributed by atoms with Gasteiger partial charge in [-0.1, -0.05) is 36.4 Å². The molecule has 2 N–H and O–H groups in total. The molecule has 2 aromatic rings. The van der Waals surface area contributed by atoms with Crippen molar-refractivity contribution in [2.24, 2.45) is 4.99 Å². The Balaban J connectivity index is 1.86. The van der Waals surface area contributed by atoms with Crippen LogP contribution < -0.4 is 0 Å². The van der Waals surface area contributed by atoms with E-state index in [2.05, 4.69) is 30.2 Å². The van der Waals surface area contributed by atoms with Crippen LogP contribution >= 0.6 is 0 Å². The Morgan fingerprint density at radius 1 is 1.10 bits per heavy atom. The highest BCUT2D eigenvalue weighted by atomic mass is 16.4. The minimum absolute atomic E-state index is 0.247. The van der Waals surface area contributed by atoms with Crippen molar-refractivity contribution in [3.63, 3.8) is 0 Å². The lowest BCUT2D eigenvalue weighted by Gasteiger charge is -2.24. The van der Waals surface area contributed by atoms with Crippen molar-refractivity contribution in [3.8, 4) is 0 Å². The first kappa shape index (κ1) is 19.8. The predicted octanol–water partition coefficient (Wildman–Crippen LogP) is 3.53. The molecule has 152 valence electrons. The molecule has 4 rings (SSSR count). The highest BCUT2D eigenvalue weighted by Crippen LogP contribution is 2.33. The van der Waals surface area contributed by atoms with E-state index in [1.807, 2.05) is 12.1 Å². The maximum atomic E-state index is 11.6. The van der Waals surface area contributed by atoms with Crippen molar-refractivity contribution in [1.29, 1.82) is 0 Å². The average Bonchev–Trinajstić information content (AvgIpc) is 2.88. The Morgan fingerprint density at radius 2 is 1.90 bits per heavy atom. The number of fused-ring (bicyclic) bond motifs is 2. The van der Waals surface area contributed by atoms with E-state index in [9.17, 15) is 14.7 Å². The topological polar surface area (TPSA) is 90.2 Å². The second kappa shape index (κ2) is 8.08. The summed E-state index contributed by atoms with van der Waals surface area (Å²) in [5.74, 6) is -2.56. The zero-order valence-corrected chi connectivity index (χ0v) is 16.6. The standard InChI is InChI=1S/C24H22N2O4/c1-26-10-4-6-17(14-26)23-19-7-3-2-5-15(19)11-18-12-16(8-9-21(18)25-23)20(24(29)30)13-22(27)28/h2-3,5-9,12-13H,4,10-11,14H2,1H3,(H,27,28)(H,29,30). The van der Waals surface area contributed by atoms with Crippen LogP contribution in [0.25, 0.3) is 5.57 Å². The summed E-state index contributed by atoms with van der Waals surface area (Å²) in [6, 6.07) is 13.3. The normalized spacial score (nSPS) is 16.6. The lowest BCUT2D eigenvalue weighted by Crippen LogP contribution is -2.29. The fourth-order valence-electron chi connectivity index (χ4n) is 4.00. The quantitative estimate of drug-likeness (QED) is 0.764. The number of hydrogen-bond donors (Lipinski definition) is 2. The second-order valence-corrected chi connectivity index (χ2v) is 7.60. The molecule has 2 aliphatic heterocycles. The zero-order valence-electron chi connectivity index (χ0n) is 16.6. The maximum absolute atomic E-state index is 11.6. The predicted molar refractivity (Wildman–Crippen MR) is 115 cm³/mol. The van der Waals surface area contributed by atoms with Gasteiger partial charge >= 0.3 is 11.9 Å². The number of likely N-dealkylation sites (N-methyl/N-ethyl adjacent to an activating group) is 1. The van der Waals surface area contributed by atoms with Crippen molar-refractivity contribution < 1.29 is 19.8 Å². The number of rotatable bonds is 4. The Bertz CT molecular complexity index is 1130. The Labute approximate surface area is 174 Å². The molecular formula is C24H22N2O4. The van der Waals surface area contributed by atoms with E-state index >= 15 is 0 Å². The molecule has 6 nitrogen and oxygen atoms in total. The molecule has 0 fully saturated rings. The fourth-order valence-corrected chi connectivity index (χ4v) is 4.00. The Kier molecular flexibility index (Phi) is 5.33. The number of carboxylic acids is 2. The van der Waals surface area contributed by atoms with Crippen LogP contribution in [0.1, 0.15) is 28.7 Å². The molecule has 0 amide bonds. The van der Waals surface area contributed by atoms with Gasteiger partial charge in [0, 0.05) is 31.1 Å². The number of hydrogen-bond acceptors (Lipinski definition) is 4. The van der Waals surface area contributed by atoms with Crippen LogP contribution in [0.4, 0.5) is 5.69 Å². The van der Waals surface area contributed by atoms with E-state index in [1.54, 1.807) is 18.2 Å². The molecule has 6 heteroatoms. The Morgan fingerprint density at radius 3 is 2.63 bits per heavy atom. The van der Waals surface area contributed by atoms with E-state index in [1.165, 1.54) is 5.57 Å². The van der Waals surface area contributed by atoms with E-state index in [4.69, 9.17) is 10.1 Å². The minimum atomic E-state index is -1.29. The summed E-state index contributed by atoms with van der Waals surface area (Å²) in [7, 11) is 2.10. The highest BCUT2D eigenvalue weighted by Gasteiger charge is 2.22. The first-order chi connectivity index (χ1) is 14.4. The van der Waals surface area contributed by atoms with Crippen molar-refractivity contribution in [2.45, 2.75) is 12.8 Å². The summed E-state index contributed by atoms with van der Waals surface area (Å²) in [5.41, 5.74) is 6.08. The van der Waals surface area contributed by atoms with Crippen molar-refractivity contribution in [1.82, 2.24) is 4.90 Å². The van der Waals surface area contributed by atoms with Crippen molar-refractivity contribution in [2.75, 3.05) is 20.1 Å². The largest absolute Gasteiger partial charge is 0.478 e. The first-order valence-electron chi connectivity index (χ1n) is 9.78. The minimum Gasteiger partial charge on any atom is -0.478 e. The zero-order chi connectivity index (χ0) is 21.3. The molecule has 2 heterocycles. The molecule has 0 unspecified atom stereocenters. The molecule has 0 spiro atoms. The third-order valence-corrected chi connectivity index (χ3v) is 5.42. The molecule has 0 saturated heterocycles. The lowest BCUT2D eigenvalue weighted by atomic mass is 9.92. The van der Waals surface area contributed by atoms with Gasteiger partial charge in [0.1, 0.15) is 0 Å². The van der Waals surface area contributed by atoms with Gasteiger partial charge in [-0.15, -0.1) is 0 Å². The second-order valence-electron chi connectivity index (χ2n) is 7.60. The number of carboxylic acid groups (broad SMARTS) is 2. The molecule has 0 saturated carbocycles. The third kappa shape index (κ3) is 3.95. The maximum Gasteiger partial charge on any atom is 0.336 e. The summed E-state index contributed by atoms with van der Waals surface area (Å²) < 4.78 is 0. The SMILES string of the molecule is CN1CCC=C(C2=Nc3ccc(C(=CC(=O)O)C(=O)O)cc3Cc3ccccc32)C1. The van der Waals surface area contributed by atoms with E-state index in [0.29, 0.717) is 12.0 Å². The Hall–Kier alpha value is -3.51. The van der Waals surface area contributed by atoms with Crippen LogP contribution in [-0.4, -0.2) is 52.9 Å². The number of nitrogens with zero attached hydrogens (tertiary/aromatic N) is 2. The molecule has 0 radical (unpaired) electrons. The number of benzene rings is 2. The van der Waals surface area contributed by atoms with E-state index in [0.717, 1.165) is 53.7 Å². The van der Waals surface area contributed by atoms with Crippen LogP contribution in [0.3, 0.4) is 0 Å². The molecule has 30 heavy (non-hydrogen) atoms. The monoisotopic (exact) mass is 402 g/mol. The van der Waals surface area contributed by atoms with Gasteiger partial charge in [-0.3, -0.25) is 0 Å². The van der Waals surface area contributed by atoms with Crippen LogP contribution in [-0.2, 0) is 16.0 Å². The molecule has 0 bridgehead atoms. The smallest absolute Gasteiger partial charge is 0.336 e. The van der Waals surface area contributed by atoms with Gasteiger partial charge < -0.3 is 15.1 Å². The highest BCUT2D eigenvalue weighted by molar-refractivity contribution is 6.19. The van der Waals surface area contributed by atoms with Gasteiger partial charge in [-0.2, -0.15) is 0 Å². The molecule has 2 aliphatic rings. The van der Waals surface area contributed by atoms with Gasteiger partial charge in [-0.05, 0) is 47.9 Å². The van der Waals surface area contributed by atoms with Crippen molar-refractivity contribution in [3.05, 3.63) is 82.4 Å². The van der Waals surface area contributed by atoms with Gasteiger partial charge in [0.2, 0.25) is 0 Å². The number of aliphatic carboxylic acids is 2. The van der Waals surface area contributed by atoms with E-state index in [-0.39, 0.29) is 5.57 Å². The van der Waals surface area contributed by atoms with Gasteiger partial charge in [0.05, 0.1) is 17.0 Å². The summed E-state index contributed by atoms with van der Waals surface area (Å²) in [5, 5.41) is 18.5. The number of aliphatic imine (C=N–C) groups is 1. The molecule has 0 aliphatic carbocycles. The molecule has 2 aromatic carbocycles. The average molecular weight is 402 g/mol. The van der Waals surface area contributed by atoms with Gasteiger partial charge in [0.25, 0.3) is 0 Å². The van der Waals surface area contributed by atoms with Crippen LogP contribution in [0, 0.1) is 0 Å².